The number of unbranched alkanes of at least 4 members (excludes halogenated alkanes) is 1. The lowest BCUT2D eigenvalue weighted by molar-refractivity contribution is -0.137. The zero-order chi connectivity index (χ0) is 12.7. The fourth-order valence-electron chi connectivity index (χ4n) is 1.72. The summed E-state index contributed by atoms with van der Waals surface area (Å²) in [6.07, 6.45) is 1.84. The quantitative estimate of drug-likeness (QED) is 0.759. The minimum Gasteiger partial charge on any atom is -0.481 e. The van der Waals surface area contributed by atoms with Crippen LogP contribution in [0.3, 0.4) is 0 Å². The van der Waals surface area contributed by atoms with Crippen molar-refractivity contribution in [2.24, 2.45) is 0 Å². The highest BCUT2D eigenvalue weighted by atomic mass is 35.5. The molecule has 0 spiro atoms. The maximum Gasteiger partial charge on any atom is 0.303 e. The number of carboxylic acids is 1. The van der Waals surface area contributed by atoms with E-state index in [9.17, 15) is 4.79 Å². The van der Waals surface area contributed by atoms with Gasteiger partial charge in [-0.1, -0.05) is 17.7 Å². The second-order valence-electron chi connectivity index (χ2n) is 3.91. The summed E-state index contributed by atoms with van der Waals surface area (Å²) in [5, 5.41) is 9.29. The Bertz CT molecular complexity index is 368. The lowest BCUT2D eigenvalue weighted by Gasteiger charge is -2.23. The smallest absolute Gasteiger partial charge is 0.303 e. The average Bonchev–Trinajstić information content (AvgIpc) is 2.29. The Balaban J connectivity index is 2.45. The summed E-state index contributed by atoms with van der Waals surface area (Å²) < 4.78 is 0. The number of hydrogen-bond acceptors (Lipinski definition) is 2. The lowest BCUT2D eigenvalue weighted by Crippen LogP contribution is -2.23. The van der Waals surface area contributed by atoms with E-state index >= 15 is 0 Å². The van der Waals surface area contributed by atoms with Gasteiger partial charge in [0.2, 0.25) is 0 Å². The minimum absolute atomic E-state index is 0.243. The Morgan fingerprint density at radius 3 is 2.76 bits per heavy atom. The first-order chi connectivity index (χ1) is 8.13. The van der Waals surface area contributed by atoms with Crippen molar-refractivity contribution in [1.82, 2.24) is 0 Å². The van der Waals surface area contributed by atoms with Crippen LogP contribution < -0.4 is 4.90 Å². The first kappa shape index (κ1) is 13.8. The van der Waals surface area contributed by atoms with E-state index in [-0.39, 0.29) is 6.42 Å². The minimum atomic E-state index is -0.726. The fraction of sp³-hybridized carbons (Fsp3) is 0.462. The van der Waals surface area contributed by atoms with Crippen molar-refractivity contribution < 1.29 is 9.90 Å². The molecular weight excluding hydrogens is 238 g/mol. The summed E-state index contributed by atoms with van der Waals surface area (Å²) in [4.78, 5) is 12.6. The van der Waals surface area contributed by atoms with Gasteiger partial charge in [-0.15, -0.1) is 0 Å². The Kier molecular flexibility index (Phi) is 5.84. The molecule has 0 aliphatic carbocycles. The Labute approximate surface area is 107 Å². The summed E-state index contributed by atoms with van der Waals surface area (Å²) in [6.45, 7) is 3.84. The van der Waals surface area contributed by atoms with Crippen LogP contribution in [-0.2, 0) is 4.79 Å². The molecular formula is C13H18ClNO2. The molecule has 1 aromatic carbocycles. The number of nitrogens with zero attached hydrogens (tertiary/aromatic N) is 1. The van der Waals surface area contributed by atoms with Gasteiger partial charge >= 0.3 is 5.97 Å². The molecule has 0 amide bonds. The van der Waals surface area contributed by atoms with Crippen LogP contribution >= 0.6 is 11.6 Å². The van der Waals surface area contributed by atoms with Gasteiger partial charge in [0.25, 0.3) is 0 Å². The van der Waals surface area contributed by atoms with Gasteiger partial charge in [-0.05, 0) is 38.0 Å². The van der Waals surface area contributed by atoms with E-state index in [1.54, 1.807) is 0 Å². The van der Waals surface area contributed by atoms with Crippen LogP contribution in [-0.4, -0.2) is 24.2 Å². The van der Waals surface area contributed by atoms with Crippen LogP contribution in [0.25, 0.3) is 0 Å². The molecule has 0 unspecified atom stereocenters. The maximum atomic E-state index is 10.4. The number of hydrogen-bond donors (Lipinski definition) is 1. The highest BCUT2D eigenvalue weighted by Gasteiger charge is 2.05. The third-order valence-corrected chi connectivity index (χ3v) is 2.86. The molecule has 0 radical (unpaired) electrons. The van der Waals surface area contributed by atoms with Gasteiger partial charge in [-0.3, -0.25) is 4.79 Å². The van der Waals surface area contributed by atoms with Crippen molar-refractivity contribution in [1.29, 1.82) is 0 Å². The highest BCUT2D eigenvalue weighted by molar-refractivity contribution is 6.30. The molecule has 0 aromatic heterocycles. The fourth-order valence-corrected chi connectivity index (χ4v) is 1.91. The molecule has 17 heavy (non-hydrogen) atoms. The summed E-state index contributed by atoms with van der Waals surface area (Å²) in [5.74, 6) is -0.726. The van der Waals surface area contributed by atoms with Gasteiger partial charge in [0, 0.05) is 30.2 Å². The normalized spacial score (nSPS) is 10.2. The van der Waals surface area contributed by atoms with Gasteiger partial charge in [0.05, 0.1) is 0 Å². The van der Waals surface area contributed by atoms with E-state index in [1.807, 2.05) is 24.3 Å². The number of benzene rings is 1. The van der Waals surface area contributed by atoms with Gasteiger partial charge in [0.15, 0.2) is 0 Å². The van der Waals surface area contributed by atoms with E-state index in [4.69, 9.17) is 16.7 Å². The zero-order valence-corrected chi connectivity index (χ0v) is 10.8. The molecule has 0 fully saturated rings. The molecule has 94 valence electrons. The van der Waals surface area contributed by atoms with Gasteiger partial charge < -0.3 is 10.0 Å². The molecule has 0 heterocycles. The molecule has 1 N–H and O–H groups in total. The number of carboxylic acid groups (broad SMARTS) is 1. The van der Waals surface area contributed by atoms with Crippen LogP contribution in [0.15, 0.2) is 24.3 Å². The summed E-state index contributed by atoms with van der Waals surface area (Å²) >= 11 is 5.94. The highest BCUT2D eigenvalue weighted by Crippen LogP contribution is 2.19. The molecule has 0 atom stereocenters. The standard InChI is InChI=1S/C13H18ClNO2/c1-2-15(9-4-3-8-13(16)17)12-7-5-6-11(14)10-12/h5-7,10H,2-4,8-9H2,1H3,(H,16,17). The number of rotatable bonds is 7. The largest absolute Gasteiger partial charge is 0.481 e. The summed E-state index contributed by atoms with van der Waals surface area (Å²) in [5.41, 5.74) is 1.09. The molecule has 0 saturated carbocycles. The Hall–Kier alpha value is -1.22. The molecule has 1 rings (SSSR count). The predicted molar refractivity (Wildman–Crippen MR) is 70.8 cm³/mol. The van der Waals surface area contributed by atoms with Crippen LogP contribution in [0, 0.1) is 0 Å². The van der Waals surface area contributed by atoms with Crippen LogP contribution in [0.5, 0.6) is 0 Å². The number of anilines is 1. The summed E-state index contributed by atoms with van der Waals surface area (Å²) in [7, 11) is 0. The van der Waals surface area contributed by atoms with Crippen molar-refractivity contribution in [2.45, 2.75) is 26.2 Å². The molecule has 3 nitrogen and oxygen atoms in total. The molecule has 4 heteroatoms. The first-order valence-corrected chi connectivity index (χ1v) is 6.23. The second kappa shape index (κ2) is 7.17. The third-order valence-electron chi connectivity index (χ3n) is 2.62. The molecule has 0 saturated heterocycles. The van der Waals surface area contributed by atoms with Crippen molar-refractivity contribution in [2.75, 3.05) is 18.0 Å². The van der Waals surface area contributed by atoms with Gasteiger partial charge in [0.1, 0.15) is 0 Å². The van der Waals surface area contributed by atoms with Crippen LogP contribution in [0.1, 0.15) is 26.2 Å². The van der Waals surface area contributed by atoms with Crippen molar-refractivity contribution in [3.8, 4) is 0 Å². The molecule has 0 aliphatic rings. The van der Waals surface area contributed by atoms with Crippen molar-refractivity contribution >= 4 is 23.3 Å². The van der Waals surface area contributed by atoms with Crippen LogP contribution in [0.4, 0.5) is 5.69 Å². The van der Waals surface area contributed by atoms with Crippen molar-refractivity contribution in [3.05, 3.63) is 29.3 Å². The SMILES string of the molecule is CCN(CCCCC(=O)O)c1cccc(Cl)c1. The summed E-state index contributed by atoms with van der Waals surface area (Å²) in [6, 6.07) is 7.73. The molecule has 1 aromatic rings. The Morgan fingerprint density at radius 2 is 2.18 bits per heavy atom. The average molecular weight is 256 g/mol. The van der Waals surface area contributed by atoms with Crippen molar-refractivity contribution in [3.63, 3.8) is 0 Å². The van der Waals surface area contributed by atoms with E-state index in [2.05, 4.69) is 11.8 Å². The predicted octanol–water partition coefficient (Wildman–Crippen LogP) is 3.42. The maximum absolute atomic E-state index is 10.4. The number of halogens is 1. The Morgan fingerprint density at radius 1 is 1.41 bits per heavy atom. The van der Waals surface area contributed by atoms with E-state index in [1.165, 1.54) is 0 Å². The van der Waals surface area contributed by atoms with Crippen LogP contribution in [0.2, 0.25) is 5.02 Å². The first-order valence-electron chi connectivity index (χ1n) is 5.85. The van der Waals surface area contributed by atoms with E-state index < -0.39 is 5.97 Å². The monoisotopic (exact) mass is 255 g/mol. The lowest BCUT2D eigenvalue weighted by atomic mass is 10.2. The number of aliphatic carboxylic acids is 1. The third kappa shape index (κ3) is 5.09. The zero-order valence-electron chi connectivity index (χ0n) is 10.0. The van der Waals surface area contributed by atoms with E-state index in [0.717, 1.165) is 30.2 Å². The number of carbonyl (C=O) groups is 1. The molecule has 0 aliphatic heterocycles. The van der Waals surface area contributed by atoms with Gasteiger partial charge in [-0.25, -0.2) is 0 Å². The molecule has 0 bridgehead atoms. The topological polar surface area (TPSA) is 40.5 Å². The van der Waals surface area contributed by atoms with E-state index in [0.29, 0.717) is 6.42 Å². The second-order valence-corrected chi connectivity index (χ2v) is 4.35. The van der Waals surface area contributed by atoms with Gasteiger partial charge in [-0.2, -0.15) is 0 Å².